The Kier molecular flexibility index (Phi) is 7.28. The van der Waals surface area contributed by atoms with E-state index in [9.17, 15) is 24.9 Å². The van der Waals surface area contributed by atoms with E-state index in [4.69, 9.17) is 28.4 Å². The molecule has 15 atom stereocenters. The van der Waals surface area contributed by atoms with Gasteiger partial charge in [-0.25, -0.2) is 4.79 Å². The summed E-state index contributed by atoms with van der Waals surface area (Å²) in [6.07, 6.45) is -5.28. The van der Waals surface area contributed by atoms with Crippen molar-refractivity contribution in [1.82, 2.24) is 4.90 Å². The maximum absolute atomic E-state index is 13.7. The Morgan fingerprint density at radius 1 is 0.956 bits per heavy atom. The maximum Gasteiger partial charge on any atom is 0.338 e. The maximum atomic E-state index is 13.7. The Hall–Kier alpha value is -2.16. The van der Waals surface area contributed by atoms with Crippen molar-refractivity contribution >= 4 is 11.9 Å². The predicted octanol–water partition coefficient (Wildman–Crippen LogP) is 0.258. The SMILES string of the molecule is COC[C@]12CN(C)C3[C@@H]4[C@H](OC)[C@H]1[C@@]3([C@@H](OC)C[C@H]2O)[C@@H]1C[C@@]2(O)[C@H](OC(=O)c3ccccc3)[C@@H]1[C@]4(O)[C@@H](OC(C)=O)[C@@H]2OC. The van der Waals surface area contributed by atoms with Crippen LogP contribution in [0.25, 0.3) is 0 Å². The van der Waals surface area contributed by atoms with Crippen LogP contribution in [0.3, 0.4) is 0 Å². The molecule has 5 saturated carbocycles. The highest BCUT2D eigenvalue weighted by atomic mass is 16.6. The van der Waals surface area contributed by atoms with Crippen LogP contribution in [0.2, 0.25) is 0 Å². The largest absolute Gasteiger partial charge is 0.457 e. The lowest BCUT2D eigenvalue weighted by molar-refractivity contribution is -0.320. The molecular weight excluding hydrogens is 586 g/mol. The molecule has 3 N–H and O–H groups in total. The van der Waals surface area contributed by atoms with Crippen LogP contribution in [0.4, 0.5) is 0 Å². The standard InChI is InChI=1S/C33H45NO11/c1-16(35)44-28-27(43-6)31(38)13-18-21(26(31)45-29(37)17-10-8-7-9-11-17)33(28,39)22-23(42-5)24-30(15-40-3)14-34(2)25(22)32(18,24)20(41-4)12-19(30)36/h7-11,18-28,36,38-39H,12-15H2,1-6H3/t18-,19-,20+,21-,22+,23+,24-,25?,26-,27+,28+,30+,31-,32+,33-/m1/s1. The summed E-state index contributed by atoms with van der Waals surface area (Å²) in [7, 11) is 8.21. The monoisotopic (exact) mass is 631 g/mol. The van der Waals surface area contributed by atoms with E-state index in [1.54, 1.807) is 51.7 Å². The average molecular weight is 632 g/mol. The highest BCUT2D eigenvalue weighted by Gasteiger charge is 2.91. The van der Waals surface area contributed by atoms with E-state index in [2.05, 4.69) is 4.90 Å². The summed E-state index contributed by atoms with van der Waals surface area (Å²) in [5, 5.41) is 38.1. The van der Waals surface area contributed by atoms with Crippen LogP contribution in [0, 0.1) is 34.5 Å². The molecule has 12 heteroatoms. The molecule has 1 aromatic rings. The number of likely N-dealkylation sites (tertiary alicyclic amines) is 1. The summed E-state index contributed by atoms with van der Waals surface area (Å²) < 4.78 is 36.7. The number of piperidine rings is 1. The van der Waals surface area contributed by atoms with Crippen LogP contribution >= 0.6 is 0 Å². The number of hydrogen-bond acceptors (Lipinski definition) is 12. The van der Waals surface area contributed by atoms with E-state index in [0.717, 1.165) is 0 Å². The van der Waals surface area contributed by atoms with Gasteiger partial charge in [0.25, 0.3) is 0 Å². The zero-order valence-corrected chi connectivity index (χ0v) is 26.6. The Labute approximate surface area is 262 Å². The second-order valence-corrected chi connectivity index (χ2v) is 14.3. The third kappa shape index (κ3) is 3.60. The van der Waals surface area contributed by atoms with Gasteiger partial charge in [-0.3, -0.25) is 4.79 Å². The molecule has 1 aliphatic heterocycles. The zero-order valence-electron chi connectivity index (χ0n) is 26.6. The summed E-state index contributed by atoms with van der Waals surface area (Å²) in [5.74, 6) is -3.76. The molecule has 7 bridgehead atoms. The van der Waals surface area contributed by atoms with Crippen molar-refractivity contribution < 1.29 is 53.3 Å². The third-order valence-electron chi connectivity index (χ3n) is 12.9. The number of hydrogen-bond donors (Lipinski definition) is 3. The fourth-order valence-electron chi connectivity index (χ4n) is 12.1. The van der Waals surface area contributed by atoms with Gasteiger partial charge in [0.15, 0.2) is 6.10 Å². The Balaban J connectivity index is 1.50. The highest BCUT2D eigenvalue weighted by Crippen LogP contribution is 2.80. The molecule has 45 heavy (non-hydrogen) atoms. The lowest BCUT2D eigenvalue weighted by atomic mass is 9.42. The topological polar surface area (TPSA) is 153 Å². The van der Waals surface area contributed by atoms with E-state index in [1.807, 2.05) is 7.05 Å². The molecule has 248 valence electrons. The van der Waals surface area contributed by atoms with E-state index in [0.29, 0.717) is 18.5 Å². The van der Waals surface area contributed by atoms with E-state index in [1.165, 1.54) is 14.0 Å². The van der Waals surface area contributed by atoms with Gasteiger partial charge in [-0.1, -0.05) is 18.2 Å². The van der Waals surface area contributed by atoms with Gasteiger partial charge in [0.1, 0.15) is 23.4 Å². The van der Waals surface area contributed by atoms with Crippen molar-refractivity contribution in [3.05, 3.63) is 35.9 Å². The second kappa shape index (κ2) is 10.4. The van der Waals surface area contributed by atoms with E-state index < -0.39 is 88.3 Å². The number of aliphatic hydroxyl groups is 3. The van der Waals surface area contributed by atoms with E-state index >= 15 is 0 Å². The molecule has 1 saturated heterocycles. The van der Waals surface area contributed by atoms with Crippen molar-refractivity contribution in [2.45, 2.75) is 73.6 Å². The number of rotatable bonds is 8. The quantitative estimate of drug-likeness (QED) is 0.337. The number of ether oxygens (including phenoxy) is 6. The lowest BCUT2D eigenvalue weighted by Crippen LogP contribution is -2.81. The zero-order chi connectivity index (χ0) is 32.3. The van der Waals surface area contributed by atoms with Gasteiger partial charge in [-0.2, -0.15) is 0 Å². The predicted molar refractivity (Wildman–Crippen MR) is 156 cm³/mol. The second-order valence-electron chi connectivity index (χ2n) is 14.3. The molecule has 6 aliphatic rings. The minimum absolute atomic E-state index is 0.0754. The molecular formula is C33H45NO11. The molecule has 5 aliphatic carbocycles. The number of benzene rings is 1. The van der Waals surface area contributed by atoms with Crippen molar-refractivity contribution in [3.8, 4) is 0 Å². The first-order valence-electron chi connectivity index (χ1n) is 15.8. The number of carbonyl (C=O) groups is 2. The summed E-state index contributed by atoms with van der Waals surface area (Å²) >= 11 is 0. The van der Waals surface area contributed by atoms with Gasteiger partial charge in [0.05, 0.1) is 30.5 Å². The summed E-state index contributed by atoms with van der Waals surface area (Å²) in [6, 6.07) is 8.15. The normalized spacial score (nSPS) is 50.7. The van der Waals surface area contributed by atoms with Gasteiger partial charge >= 0.3 is 11.9 Å². The Morgan fingerprint density at radius 2 is 1.67 bits per heavy atom. The van der Waals surface area contributed by atoms with E-state index in [-0.39, 0.29) is 25.0 Å². The first-order chi connectivity index (χ1) is 21.4. The van der Waals surface area contributed by atoms with Crippen LogP contribution in [-0.2, 0) is 33.2 Å². The van der Waals surface area contributed by atoms with Crippen molar-refractivity contribution in [3.63, 3.8) is 0 Å². The van der Waals surface area contributed by atoms with Crippen LogP contribution in [0.15, 0.2) is 30.3 Å². The number of aliphatic hydroxyl groups excluding tert-OH is 1. The molecule has 1 spiro atoms. The molecule has 0 radical (unpaired) electrons. The summed E-state index contributed by atoms with van der Waals surface area (Å²) in [6.45, 7) is 1.97. The van der Waals surface area contributed by atoms with Gasteiger partial charge in [0.2, 0.25) is 0 Å². The molecule has 6 fully saturated rings. The van der Waals surface area contributed by atoms with Crippen LogP contribution in [-0.4, -0.2) is 135 Å². The van der Waals surface area contributed by atoms with Crippen LogP contribution in [0.1, 0.15) is 30.1 Å². The van der Waals surface area contributed by atoms with Crippen LogP contribution in [0.5, 0.6) is 0 Å². The van der Waals surface area contributed by atoms with Gasteiger partial charge in [-0.05, 0) is 31.5 Å². The highest BCUT2D eigenvalue weighted by molar-refractivity contribution is 5.89. The molecule has 1 aromatic carbocycles. The fourth-order valence-corrected chi connectivity index (χ4v) is 12.1. The molecule has 1 unspecified atom stereocenters. The Morgan fingerprint density at radius 3 is 2.27 bits per heavy atom. The minimum atomic E-state index is -1.87. The van der Waals surface area contributed by atoms with Gasteiger partial charge < -0.3 is 48.6 Å². The fraction of sp³-hybridized carbons (Fsp3) is 0.758. The van der Waals surface area contributed by atoms with Crippen molar-refractivity contribution in [2.75, 3.05) is 48.6 Å². The molecule has 12 nitrogen and oxygen atoms in total. The first kappa shape index (κ1) is 31.4. The average Bonchev–Trinajstić information content (AvgIpc) is 3.41. The number of esters is 2. The van der Waals surface area contributed by atoms with Gasteiger partial charge in [-0.15, -0.1) is 0 Å². The smallest absolute Gasteiger partial charge is 0.338 e. The molecule has 7 rings (SSSR count). The third-order valence-corrected chi connectivity index (χ3v) is 12.9. The first-order valence-corrected chi connectivity index (χ1v) is 15.8. The number of nitrogens with zero attached hydrogens (tertiary/aromatic N) is 1. The van der Waals surface area contributed by atoms with Crippen molar-refractivity contribution in [1.29, 1.82) is 0 Å². The summed E-state index contributed by atoms with van der Waals surface area (Å²) in [4.78, 5) is 28.5. The summed E-state index contributed by atoms with van der Waals surface area (Å²) in [5.41, 5.74) is -4.96. The van der Waals surface area contributed by atoms with Crippen LogP contribution < -0.4 is 0 Å². The number of carbonyl (C=O) groups excluding carboxylic acids is 2. The van der Waals surface area contributed by atoms with Crippen molar-refractivity contribution in [2.24, 2.45) is 34.5 Å². The lowest BCUT2D eigenvalue weighted by Gasteiger charge is -2.69. The molecule has 0 amide bonds. The minimum Gasteiger partial charge on any atom is -0.457 e. The van der Waals surface area contributed by atoms with Gasteiger partial charge in [0, 0.05) is 83.0 Å². The molecule has 0 aromatic heterocycles. The Bertz CT molecular complexity index is 1350. The number of methoxy groups -OCH3 is 4. The number of fused-ring (bicyclic) bond motifs is 2. The molecule has 1 heterocycles.